The summed E-state index contributed by atoms with van der Waals surface area (Å²) in [7, 11) is 0. The standard InChI is InChI=1S/C11H8BrFN2O2S/c1-5-2-7(13)6(12)3-8(5)15-11-14-4-9(18-11)10(16)17/h2-4H,1H3,(H,14,15)(H,16,17). The average Bonchev–Trinajstić information content (AvgIpc) is 2.74. The fraction of sp³-hybridized carbons (Fsp3) is 0.0909. The first kappa shape index (κ1) is 13.0. The van der Waals surface area contributed by atoms with Crippen molar-refractivity contribution in [3.8, 4) is 0 Å². The molecule has 1 aromatic heterocycles. The molecule has 0 saturated heterocycles. The van der Waals surface area contributed by atoms with Crippen LogP contribution < -0.4 is 5.32 Å². The molecule has 0 radical (unpaired) electrons. The second-order valence-electron chi connectivity index (χ2n) is 3.54. The Morgan fingerprint density at radius 1 is 1.56 bits per heavy atom. The number of nitrogens with one attached hydrogen (secondary N) is 1. The molecular weight excluding hydrogens is 323 g/mol. The normalized spacial score (nSPS) is 10.4. The first-order valence-corrected chi connectivity index (χ1v) is 6.50. The molecule has 2 aromatic rings. The van der Waals surface area contributed by atoms with Gasteiger partial charge in [0.2, 0.25) is 0 Å². The number of anilines is 2. The second kappa shape index (κ2) is 5.03. The first-order valence-electron chi connectivity index (χ1n) is 4.89. The largest absolute Gasteiger partial charge is 0.477 e. The van der Waals surface area contributed by atoms with Gasteiger partial charge in [-0.15, -0.1) is 0 Å². The van der Waals surface area contributed by atoms with Crippen LogP contribution in [0.3, 0.4) is 0 Å². The number of aromatic nitrogens is 1. The van der Waals surface area contributed by atoms with Crippen LogP contribution in [0.2, 0.25) is 0 Å². The maximum atomic E-state index is 13.2. The number of halogens is 2. The van der Waals surface area contributed by atoms with Gasteiger partial charge < -0.3 is 10.4 Å². The highest BCUT2D eigenvalue weighted by molar-refractivity contribution is 9.10. The smallest absolute Gasteiger partial charge is 0.347 e. The van der Waals surface area contributed by atoms with E-state index in [4.69, 9.17) is 5.11 Å². The second-order valence-corrected chi connectivity index (χ2v) is 5.43. The zero-order valence-corrected chi connectivity index (χ0v) is 11.6. The van der Waals surface area contributed by atoms with Crippen LogP contribution in [0.15, 0.2) is 22.8 Å². The Balaban J connectivity index is 2.28. The van der Waals surface area contributed by atoms with Crippen molar-refractivity contribution >= 4 is 44.1 Å². The number of carboxylic acid groups (broad SMARTS) is 1. The van der Waals surface area contributed by atoms with E-state index in [-0.39, 0.29) is 10.7 Å². The van der Waals surface area contributed by atoms with E-state index in [1.54, 1.807) is 13.0 Å². The molecule has 18 heavy (non-hydrogen) atoms. The number of hydrogen-bond donors (Lipinski definition) is 2. The van der Waals surface area contributed by atoms with Crippen LogP contribution in [0.5, 0.6) is 0 Å². The Kier molecular flexibility index (Phi) is 3.63. The number of nitrogens with zero attached hydrogens (tertiary/aromatic N) is 1. The van der Waals surface area contributed by atoms with Gasteiger partial charge in [0.05, 0.1) is 10.7 Å². The third kappa shape index (κ3) is 2.68. The molecule has 0 aliphatic rings. The summed E-state index contributed by atoms with van der Waals surface area (Å²) in [6.07, 6.45) is 1.28. The highest BCUT2D eigenvalue weighted by atomic mass is 79.9. The van der Waals surface area contributed by atoms with Gasteiger partial charge in [0.15, 0.2) is 5.13 Å². The quantitative estimate of drug-likeness (QED) is 0.898. The van der Waals surface area contributed by atoms with Gasteiger partial charge in [0.1, 0.15) is 10.7 Å². The van der Waals surface area contributed by atoms with E-state index in [1.807, 2.05) is 0 Å². The lowest BCUT2D eigenvalue weighted by atomic mass is 10.2. The molecule has 2 N–H and O–H groups in total. The van der Waals surface area contributed by atoms with Crippen molar-refractivity contribution in [2.24, 2.45) is 0 Å². The van der Waals surface area contributed by atoms with Crippen molar-refractivity contribution in [1.29, 1.82) is 0 Å². The van der Waals surface area contributed by atoms with Crippen LogP contribution in [-0.4, -0.2) is 16.1 Å². The van der Waals surface area contributed by atoms with Crippen LogP contribution >= 0.6 is 27.3 Å². The van der Waals surface area contributed by atoms with E-state index in [1.165, 1.54) is 12.3 Å². The zero-order valence-electron chi connectivity index (χ0n) is 9.20. The fourth-order valence-electron chi connectivity index (χ4n) is 1.33. The van der Waals surface area contributed by atoms with Gasteiger partial charge in [-0.1, -0.05) is 11.3 Å². The minimum Gasteiger partial charge on any atom is -0.477 e. The third-order valence-electron chi connectivity index (χ3n) is 2.23. The molecule has 0 fully saturated rings. The Labute approximate surface area is 115 Å². The topological polar surface area (TPSA) is 62.2 Å². The predicted molar refractivity (Wildman–Crippen MR) is 71.2 cm³/mol. The van der Waals surface area contributed by atoms with Gasteiger partial charge in [-0.3, -0.25) is 0 Å². The number of thiazole rings is 1. The summed E-state index contributed by atoms with van der Waals surface area (Å²) in [6, 6.07) is 2.98. The summed E-state index contributed by atoms with van der Waals surface area (Å²) in [5.41, 5.74) is 1.39. The van der Waals surface area contributed by atoms with Gasteiger partial charge in [-0.2, -0.15) is 0 Å². The van der Waals surface area contributed by atoms with E-state index >= 15 is 0 Å². The molecule has 1 aromatic carbocycles. The van der Waals surface area contributed by atoms with Crippen molar-refractivity contribution in [1.82, 2.24) is 4.98 Å². The van der Waals surface area contributed by atoms with Crippen molar-refractivity contribution in [3.63, 3.8) is 0 Å². The average molecular weight is 331 g/mol. The maximum Gasteiger partial charge on any atom is 0.347 e. The lowest BCUT2D eigenvalue weighted by molar-refractivity contribution is 0.0702. The van der Waals surface area contributed by atoms with Crippen molar-refractivity contribution in [2.45, 2.75) is 6.92 Å². The molecule has 0 atom stereocenters. The molecule has 0 aliphatic carbocycles. The highest BCUT2D eigenvalue weighted by Crippen LogP contribution is 2.28. The lowest BCUT2D eigenvalue weighted by Gasteiger charge is -2.07. The van der Waals surface area contributed by atoms with Crippen molar-refractivity contribution < 1.29 is 14.3 Å². The number of carboxylic acids is 1. The minimum atomic E-state index is -1.02. The number of hydrogen-bond acceptors (Lipinski definition) is 4. The summed E-state index contributed by atoms with van der Waals surface area (Å²) in [5.74, 6) is -1.36. The summed E-state index contributed by atoms with van der Waals surface area (Å²) in [4.78, 5) is 14.8. The van der Waals surface area contributed by atoms with E-state index < -0.39 is 5.97 Å². The number of carbonyl (C=O) groups is 1. The molecule has 0 saturated carbocycles. The Morgan fingerprint density at radius 2 is 2.28 bits per heavy atom. The van der Waals surface area contributed by atoms with Crippen LogP contribution in [-0.2, 0) is 0 Å². The van der Waals surface area contributed by atoms with Crippen LogP contribution in [0.1, 0.15) is 15.2 Å². The van der Waals surface area contributed by atoms with Gasteiger partial charge in [-0.25, -0.2) is 14.2 Å². The number of benzene rings is 1. The first-order chi connectivity index (χ1) is 8.47. The Hall–Kier alpha value is -1.47. The van der Waals surface area contributed by atoms with Gasteiger partial charge in [-0.05, 0) is 40.5 Å². The number of aryl methyl sites for hydroxylation is 1. The molecule has 0 amide bonds. The number of rotatable bonds is 3. The van der Waals surface area contributed by atoms with Gasteiger partial charge in [0, 0.05) is 5.69 Å². The van der Waals surface area contributed by atoms with Crippen LogP contribution in [0, 0.1) is 12.7 Å². The van der Waals surface area contributed by atoms with Gasteiger partial charge in [0.25, 0.3) is 0 Å². The molecule has 4 nitrogen and oxygen atoms in total. The van der Waals surface area contributed by atoms with E-state index in [2.05, 4.69) is 26.2 Å². The Bertz CT molecular complexity index is 615. The van der Waals surface area contributed by atoms with Crippen molar-refractivity contribution in [3.05, 3.63) is 39.1 Å². The van der Waals surface area contributed by atoms with Crippen molar-refractivity contribution in [2.75, 3.05) is 5.32 Å². The molecule has 0 spiro atoms. The molecule has 1 heterocycles. The molecule has 7 heteroatoms. The summed E-state index contributed by atoms with van der Waals surface area (Å²) in [5, 5.41) is 12.2. The van der Waals surface area contributed by atoms with E-state index in [9.17, 15) is 9.18 Å². The highest BCUT2D eigenvalue weighted by Gasteiger charge is 2.10. The molecule has 94 valence electrons. The summed E-state index contributed by atoms with van der Waals surface area (Å²) >= 11 is 4.12. The number of aromatic carboxylic acids is 1. The van der Waals surface area contributed by atoms with Crippen LogP contribution in [0.25, 0.3) is 0 Å². The maximum absolute atomic E-state index is 13.2. The SMILES string of the molecule is Cc1cc(F)c(Br)cc1Nc1ncc(C(=O)O)s1. The minimum absolute atomic E-state index is 0.149. The molecule has 0 bridgehead atoms. The van der Waals surface area contributed by atoms with Gasteiger partial charge >= 0.3 is 5.97 Å². The Morgan fingerprint density at radius 3 is 2.89 bits per heavy atom. The molecular formula is C11H8BrFN2O2S. The lowest BCUT2D eigenvalue weighted by Crippen LogP contribution is -1.94. The molecule has 2 rings (SSSR count). The summed E-state index contributed by atoms with van der Waals surface area (Å²) in [6.45, 7) is 1.75. The molecule has 0 aliphatic heterocycles. The van der Waals surface area contributed by atoms with Crippen LogP contribution in [0.4, 0.5) is 15.2 Å². The predicted octanol–water partition coefficient (Wildman–Crippen LogP) is 3.79. The zero-order chi connectivity index (χ0) is 13.3. The monoisotopic (exact) mass is 330 g/mol. The molecule has 0 unspecified atom stereocenters. The van der Waals surface area contributed by atoms with E-state index in [0.717, 1.165) is 11.3 Å². The fourth-order valence-corrected chi connectivity index (χ4v) is 2.34. The third-order valence-corrected chi connectivity index (χ3v) is 3.73. The summed E-state index contributed by atoms with van der Waals surface area (Å²) < 4.78 is 13.6. The van der Waals surface area contributed by atoms with E-state index in [0.29, 0.717) is 20.9 Å².